The maximum Gasteiger partial charge on any atom is 0.330 e. The summed E-state index contributed by atoms with van der Waals surface area (Å²) in [5.74, 6) is -1.90. The van der Waals surface area contributed by atoms with E-state index in [0.29, 0.717) is 36.1 Å². The predicted molar refractivity (Wildman–Crippen MR) is 211 cm³/mol. The summed E-state index contributed by atoms with van der Waals surface area (Å²) >= 11 is 1.20. The zero-order valence-corrected chi connectivity index (χ0v) is 34.3. The van der Waals surface area contributed by atoms with Gasteiger partial charge in [0.15, 0.2) is 34.5 Å². The molecular formula is C33H31N6O15S5+. The molecule has 26 heteroatoms. The van der Waals surface area contributed by atoms with E-state index in [2.05, 4.69) is 39.2 Å². The third kappa shape index (κ3) is 11.8. The third-order valence-electron chi connectivity index (χ3n) is 7.74. The normalized spacial score (nSPS) is 12.2. The van der Waals surface area contributed by atoms with Crippen LogP contribution in [-0.4, -0.2) is 61.6 Å². The number of benzene rings is 4. The van der Waals surface area contributed by atoms with Crippen molar-refractivity contribution in [1.29, 1.82) is 0 Å². The lowest BCUT2D eigenvalue weighted by atomic mass is 10.1. The van der Waals surface area contributed by atoms with Crippen LogP contribution < -0.4 is 15.0 Å². The van der Waals surface area contributed by atoms with Crippen LogP contribution in [0.3, 0.4) is 0 Å². The van der Waals surface area contributed by atoms with Crippen molar-refractivity contribution in [1.82, 2.24) is 0 Å². The molecule has 0 aliphatic heterocycles. The summed E-state index contributed by atoms with van der Waals surface area (Å²) in [6.45, 7) is 2.12. The molecule has 0 saturated heterocycles. The number of nitrogens with two attached hydrogens (primary N) is 1. The van der Waals surface area contributed by atoms with Crippen LogP contribution in [0.4, 0.5) is 28.4 Å². The van der Waals surface area contributed by atoms with Gasteiger partial charge in [-0.1, -0.05) is 10.1 Å². The first kappa shape index (κ1) is 45.1. The second-order valence-corrected chi connectivity index (χ2v) is 17.3. The lowest BCUT2D eigenvalue weighted by Gasteiger charge is -2.12. The van der Waals surface area contributed by atoms with Crippen molar-refractivity contribution in [2.75, 3.05) is 24.3 Å². The number of pyridine rings is 1. The quantitative estimate of drug-likeness (QED) is 0.00791. The van der Waals surface area contributed by atoms with Gasteiger partial charge in [0, 0.05) is 45.4 Å². The van der Waals surface area contributed by atoms with Crippen LogP contribution in [-0.2, 0) is 54.2 Å². The van der Waals surface area contributed by atoms with Gasteiger partial charge in [0.25, 0.3) is 10.1 Å². The number of hydrogen-bond acceptors (Lipinski definition) is 22. The molecule has 5 aromatic rings. The molecule has 0 bridgehead atoms. The number of nitrogen functional groups attached to an aromatic ring is 1. The molecule has 0 aliphatic carbocycles. The number of nitrogens with zero attached hydrogens (tertiary/aromatic N) is 5. The van der Waals surface area contributed by atoms with Gasteiger partial charge in [-0.2, -0.15) is 8.42 Å². The molecule has 0 aliphatic rings. The number of azo groups is 2. The Balaban J connectivity index is 1.47. The molecular weight excluding hydrogens is 881 g/mol. The fraction of sp³-hybridized carbons (Fsp3) is 0.152. The van der Waals surface area contributed by atoms with Gasteiger partial charge in [-0.05, 0) is 61.5 Å². The first-order valence-electron chi connectivity index (χ1n) is 16.2. The van der Waals surface area contributed by atoms with Crippen molar-refractivity contribution in [2.45, 2.75) is 33.1 Å². The Hall–Kier alpha value is -4.97. The second-order valence-electron chi connectivity index (χ2n) is 11.6. The van der Waals surface area contributed by atoms with E-state index in [1.54, 1.807) is 10.8 Å². The molecule has 21 nitrogen and oxygen atoms in total. The zero-order valence-electron chi connectivity index (χ0n) is 30.3. The summed E-state index contributed by atoms with van der Waals surface area (Å²) in [7, 11) is -7.36. The fourth-order valence-electron chi connectivity index (χ4n) is 5.07. The average Bonchev–Trinajstić information content (AvgIpc) is 3.20. The molecule has 1 aromatic heterocycles. The molecule has 0 spiro atoms. The van der Waals surface area contributed by atoms with E-state index < -0.39 is 48.0 Å². The van der Waals surface area contributed by atoms with Crippen LogP contribution in [0.5, 0.6) is 11.5 Å². The molecule has 0 radical (unpaired) electrons. The van der Waals surface area contributed by atoms with Crippen molar-refractivity contribution >= 4 is 101 Å². The maximum atomic E-state index is 13.2. The second kappa shape index (κ2) is 20.3. The number of carbonyl (C=O) groups is 1. The summed E-state index contributed by atoms with van der Waals surface area (Å²) in [6, 6.07) is 15.4. The standard InChI is InChI=1S/C33H30N6O15S5/c1-19-4-3-11-39(17-19)12-13-58(44,45)21-6-10-25(27(15-21)49-2)35-37-31-23-16-28(57-54-52-43)32(33(41)22(23)7-8-24(31)34)38-36-26-9-5-20(14-29(26)59(46,47)48)56-50-30(40)18-55-53-51-42/h3-11,14-17H,12-13,18H2,1-2H3,(H5-,34,35,36,41,42,43,46,47,48)/p+1. The minimum Gasteiger partial charge on any atom is -0.505 e. The fourth-order valence-corrected chi connectivity index (χ4v) is 8.39. The Kier molecular flexibility index (Phi) is 15.5. The van der Waals surface area contributed by atoms with Gasteiger partial charge in [0.1, 0.15) is 44.9 Å². The molecule has 4 aromatic carbocycles. The molecule has 0 saturated carbocycles. The average molecular weight is 912 g/mol. The minimum atomic E-state index is -4.95. The molecule has 6 N–H and O–H groups in total. The first-order valence-corrected chi connectivity index (χ1v) is 21.6. The van der Waals surface area contributed by atoms with Gasteiger partial charge in [-0.15, -0.1) is 29.1 Å². The molecule has 0 amide bonds. The van der Waals surface area contributed by atoms with E-state index in [1.165, 1.54) is 49.6 Å². The zero-order chi connectivity index (χ0) is 42.7. The highest BCUT2D eigenvalue weighted by molar-refractivity contribution is 7.96. The van der Waals surface area contributed by atoms with Crippen LogP contribution >= 0.6 is 36.1 Å². The van der Waals surface area contributed by atoms with Gasteiger partial charge < -0.3 is 19.8 Å². The maximum absolute atomic E-state index is 13.2. The van der Waals surface area contributed by atoms with Crippen LogP contribution in [0.15, 0.2) is 119 Å². The number of rotatable bonds is 19. The predicted octanol–water partition coefficient (Wildman–Crippen LogP) is 7.33. The third-order valence-corrected chi connectivity index (χ3v) is 12.2. The number of anilines is 1. The van der Waals surface area contributed by atoms with Gasteiger partial charge in [0.05, 0.1) is 46.7 Å². The molecule has 1 heterocycles. The van der Waals surface area contributed by atoms with Gasteiger partial charge in [-0.3, -0.25) is 9.35 Å². The molecule has 0 fully saturated rings. The highest BCUT2D eigenvalue weighted by atomic mass is 32.2. The van der Waals surface area contributed by atoms with Gasteiger partial charge in [0.2, 0.25) is 0 Å². The van der Waals surface area contributed by atoms with E-state index in [4.69, 9.17) is 25.2 Å². The Labute approximate surface area is 347 Å². The van der Waals surface area contributed by atoms with Crippen LogP contribution in [0.25, 0.3) is 10.8 Å². The molecule has 0 atom stereocenters. The van der Waals surface area contributed by atoms with Gasteiger partial charge >= 0.3 is 5.97 Å². The molecule has 0 unspecified atom stereocenters. The van der Waals surface area contributed by atoms with Crippen molar-refractivity contribution in [3.8, 4) is 11.5 Å². The van der Waals surface area contributed by atoms with E-state index in [9.17, 15) is 31.3 Å². The number of hydrogen-bond donors (Lipinski definition) is 5. The molecule has 59 heavy (non-hydrogen) atoms. The summed E-state index contributed by atoms with van der Waals surface area (Å²) in [4.78, 5) is 11.0. The van der Waals surface area contributed by atoms with E-state index in [0.717, 1.165) is 17.7 Å². The number of phenolic OH excluding ortho intramolecular Hbond substituents is 1. The topological polar surface area (TPSA) is 301 Å². The SMILES string of the molecule is COc1cc(S(=O)(=O)CC[n+]2cccc(C)c2)ccc1N=Nc1c(N)ccc2c(O)c(N=Nc3ccc(SOC(=O)CSOOO)cc3S(=O)(=O)O)c(SOOO)cc12. The highest BCUT2D eigenvalue weighted by Crippen LogP contribution is 2.48. The van der Waals surface area contributed by atoms with Crippen LogP contribution in [0.1, 0.15) is 5.56 Å². The number of aromatic hydroxyl groups is 1. The lowest BCUT2D eigenvalue weighted by Crippen LogP contribution is -2.36. The summed E-state index contributed by atoms with van der Waals surface area (Å²) < 4.78 is 81.7. The Bertz CT molecular complexity index is 2630. The van der Waals surface area contributed by atoms with Crippen LogP contribution in [0, 0.1) is 6.92 Å². The number of carbonyl (C=O) groups excluding carboxylic acids is 1. The Morgan fingerprint density at radius 3 is 2.31 bits per heavy atom. The smallest absolute Gasteiger partial charge is 0.330 e. The van der Waals surface area contributed by atoms with Crippen molar-refractivity contribution in [3.05, 3.63) is 84.7 Å². The lowest BCUT2D eigenvalue weighted by molar-refractivity contribution is -0.692. The Morgan fingerprint density at radius 2 is 1.59 bits per heavy atom. The summed E-state index contributed by atoms with van der Waals surface area (Å²) in [6.07, 6.45) is 3.61. The summed E-state index contributed by atoms with van der Waals surface area (Å²) in [5.41, 5.74) is 6.77. The first-order chi connectivity index (χ1) is 28.1. The monoisotopic (exact) mass is 911 g/mol. The van der Waals surface area contributed by atoms with E-state index >= 15 is 0 Å². The number of fused-ring (bicyclic) bond motifs is 1. The number of phenols is 1. The van der Waals surface area contributed by atoms with Crippen molar-refractivity contribution in [2.24, 2.45) is 20.5 Å². The summed E-state index contributed by atoms with van der Waals surface area (Å²) in [5, 5.41) is 52.3. The number of aromatic nitrogens is 1. The van der Waals surface area contributed by atoms with Crippen molar-refractivity contribution < 1.29 is 74.0 Å². The highest BCUT2D eigenvalue weighted by Gasteiger charge is 2.23. The van der Waals surface area contributed by atoms with Crippen molar-refractivity contribution in [3.63, 3.8) is 0 Å². The van der Waals surface area contributed by atoms with E-state index in [1.807, 2.05) is 25.3 Å². The number of aryl methyl sites for hydroxylation is 2. The number of methoxy groups -OCH3 is 1. The van der Waals surface area contributed by atoms with Gasteiger partial charge in [-0.25, -0.2) is 23.5 Å². The largest absolute Gasteiger partial charge is 0.505 e. The van der Waals surface area contributed by atoms with E-state index in [-0.39, 0.29) is 66.3 Å². The molecule has 312 valence electrons. The number of ether oxygens (including phenoxy) is 1. The minimum absolute atomic E-state index is 0.00216. The Morgan fingerprint density at radius 1 is 0.864 bits per heavy atom. The number of sulfone groups is 1. The molecule has 5 rings (SSSR count). The van der Waals surface area contributed by atoms with Crippen LogP contribution in [0.2, 0.25) is 0 Å².